The van der Waals surface area contributed by atoms with Gasteiger partial charge in [0, 0.05) is 0 Å². The van der Waals surface area contributed by atoms with E-state index >= 15 is 0 Å². The Kier molecular flexibility index (Phi) is 6.97. The number of nitriles is 1. The van der Waals surface area contributed by atoms with E-state index in [0.717, 1.165) is 0 Å². The maximum absolute atomic E-state index is 11.7. The number of nitrogens with one attached hydrogen (secondary N) is 2. The number of nitrogens with zero attached hydrogens (tertiary/aromatic N) is 1. The van der Waals surface area contributed by atoms with Crippen LogP contribution in [-0.4, -0.2) is 36.5 Å². The van der Waals surface area contributed by atoms with Gasteiger partial charge in [-0.05, 0) is 40.9 Å². The second kappa shape index (κ2) is 8.49. The van der Waals surface area contributed by atoms with E-state index in [4.69, 9.17) is 14.4 Å². The summed E-state index contributed by atoms with van der Waals surface area (Å²) < 4.78 is 10.2. The van der Waals surface area contributed by atoms with Crippen molar-refractivity contribution in [3.63, 3.8) is 0 Å². The van der Waals surface area contributed by atoms with Gasteiger partial charge >= 0.3 is 5.97 Å². The van der Waals surface area contributed by atoms with Crippen LogP contribution in [0.25, 0.3) is 0 Å². The number of carbonyl (C=O) groups is 3. The van der Waals surface area contributed by atoms with Crippen LogP contribution in [0.3, 0.4) is 0 Å². The summed E-state index contributed by atoms with van der Waals surface area (Å²) in [5, 5.41) is 13.9. The number of carbonyl (C=O) groups excluding carboxylic acids is 3. The van der Waals surface area contributed by atoms with E-state index in [-0.39, 0.29) is 11.7 Å². The van der Waals surface area contributed by atoms with Crippen LogP contribution in [0.4, 0.5) is 0 Å². The average Bonchev–Trinajstić information content (AvgIpc) is 2.96. The van der Waals surface area contributed by atoms with Crippen LogP contribution >= 0.6 is 15.9 Å². The van der Waals surface area contributed by atoms with Gasteiger partial charge < -0.3 is 19.8 Å². The number of hydrogen-bond donors (Lipinski definition) is 2. The number of ether oxygens (including phenoxy) is 1. The molecular formula is C15H18BrN3O5. The molecule has 1 aromatic rings. The molecule has 0 aliphatic heterocycles. The molecule has 1 heterocycles. The Morgan fingerprint density at radius 3 is 2.58 bits per heavy atom. The first-order valence-electron chi connectivity index (χ1n) is 7.09. The monoisotopic (exact) mass is 399 g/mol. The fraction of sp³-hybridized carbons (Fsp3) is 0.467. The van der Waals surface area contributed by atoms with Gasteiger partial charge in [-0.1, -0.05) is 13.8 Å². The summed E-state index contributed by atoms with van der Waals surface area (Å²) in [6, 6.07) is 4.99. The topological polar surface area (TPSA) is 121 Å². The second-order valence-electron chi connectivity index (χ2n) is 5.46. The third kappa shape index (κ3) is 5.70. The van der Waals surface area contributed by atoms with Crippen LogP contribution < -0.4 is 10.6 Å². The summed E-state index contributed by atoms with van der Waals surface area (Å²) in [4.78, 5) is 34.9. The first-order chi connectivity index (χ1) is 11.2. The smallest absolute Gasteiger partial charge is 0.325 e. The van der Waals surface area contributed by atoms with Crippen LogP contribution in [0.2, 0.25) is 0 Å². The summed E-state index contributed by atoms with van der Waals surface area (Å²) in [5.74, 6) is -2.04. The second-order valence-corrected chi connectivity index (χ2v) is 6.25. The maximum atomic E-state index is 11.7. The molecule has 1 rings (SSSR count). The van der Waals surface area contributed by atoms with E-state index in [1.54, 1.807) is 26.8 Å². The molecule has 1 aromatic heterocycles. The number of hydrogen-bond acceptors (Lipinski definition) is 6. The molecule has 0 saturated carbocycles. The molecule has 0 saturated heterocycles. The number of furan rings is 1. The molecule has 8 nitrogen and oxygen atoms in total. The Morgan fingerprint density at radius 2 is 2.08 bits per heavy atom. The molecule has 0 bridgehead atoms. The van der Waals surface area contributed by atoms with Gasteiger partial charge in [-0.2, -0.15) is 5.26 Å². The van der Waals surface area contributed by atoms with Crippen LogP contribution in [0, 0.1) is 17.2 Å². The number of amides is 2. The molecule has 2 N–H and O–H groups in total. The molecule has 0 spiro atoms. The van der Waals surface area contributed by atoms with Crippen LogP contribution in [-0.2, 0) is 14.3 Å². The Bertz CT molecular complexity index is 664. The standard InChI is InChI=1S/C15H18BrN3O5/c1-9(2)15(3,8-17)19-12(20)7-23-13(21)6-18-14(22)10-4-5-11(16)24-10/h4-5,9H,6-7H2,1-3H3,(H,18,22)(H,19,20)/t15-/m1/s1. The third-order valence-electron chi connectivity index (χ3n) is 3.34. The highest BCUT2D eigenvalue weighted by molar-refractivity contribution is 9.10. The fourth-order valence-corrected chi connectivity index (χ4v) is 1.81. The fourth-order valence-electron chi connectivity index (χ4n) is 1.50. The van der Waals surface area contributed by atoms with Gasteiger partial charge in [0.15, 0.2) is 17.0 Å². The maximum Gasteiger partial charge on any atom is 0.325 e. The highest BCUT2D eigenvalue weighted by atomic mass is 79.9. The minimum atomic E-state index is -1.05. The van der Waals surface area contributed by atoms with Crippen molar-refractivity contribution in [2.75, 3.05) is 13.2 Å². The zero-order valence-corrected chi connectivity index (χ0v) is 15.1. The van der Waals surface area contributed by atoms with Crippen molar-refractivity contribution < 1.29 is 23.5 Å². The normalized spacial score (nSPS) is 12.8. The van der Waals surface area contributed by atoms with Crippen LogP contribution in [0.15, 0.2) is 21.2 Å². The Morgan fingerprint density at radius 1 is 1.42 bits per heavy atom. The molecule has 1 atom stereocenters. The van der Waals surface area contributed by atoms with Gasteiger partial charge in [0.1, 0.15) is 12.1 Å². The van der Waals surface area contributed by atoms with Crippen molar-refractivity contribution in [3.8, 4) is 6.07 Å². The minimum absolute atomic E-state index is 0.0362. The minimum Gasteiger partial charge on any atom is -0.454 e. The summed E-state index contributed by atoms with van der Waals surface area (Å²) in [5.41, 5.74) is -1.05. The molecule has 9 heteroatoms. The SMILES string of the molecule is CC(C)[C@@](C)(C#N)NC(=O)COC(=O)CNC(=O)c1ccc(Br)o1. The molecule has 0 aromatic carbocycles. The number of esters is 1. The zero-order chi connectivity index (χ0) is 18.3. The molecule has 24 heavy (non-hydrogen) atoms. The predicted molar refractivity (Wildman–Crippen MR) is 86.7 cm³/mol. The Labute approximate surface area is 147 Å². The van der Waals surface area contributed by atoms with E-state index in [2.05, 4.69) is 26.6 Å². The lowest BCUT2D eigenvalue weighted by atomic mass is 9.90. The lowest BCUT2D eigenvalue weighted by molar-refractivity contribution is -0.147. The molecule has 0 fully saturated rings. The van der Waals surface area contributed by atoms with Gasteiger partial charge in [-0.15, -0.1) is 0 Å². The molecule has 0 aliphatic carbocycles. The molecule has 0 unspecified atom stereocenters. The Hall–Kier alpha value is -2.34. The number of rotatable bonds is 7. The number of halogens is 1. The van der Waals surface area contributed by atoms with Crippen molar-refractivity contribution in [3.05, 3.63) is 22.6 Å². The largest absolute Gasteiger partial charge is 0.454 e. The van der Waals surface area contributed by atoms with Gasteiger partial charge in [0.05, 0.1) is 6.07 Å². The van der Waals surface area contributed by atoms with Gasteiger partial charge in [-0.25, -0.2) is 0 Å². The Balaban J connectivity index is 2.37. The van der Waals surface area contributed by atoms with Crippen molar-refractivity contribution in [1.82, 2.24) is 10.6 Å². The zero-order valence-electron chi connectivity index (χ0n) is 13.5. The van der Waals surface area contributed by atoms with E-state index in [1.165, 1.54) is 6.07 Å². The van der Waals surface area contributed by atoms with E-state index < -0.39 is 36.5 Å². The summed E-state index contributed by atoms with van der Waals surface area (Å²) in [6.45, 7) is 4.21. The van der Waals surface area contributed by atoms with Gasteiger partial charge in [0.2, 0.25) is 0 Å². The lowest BCUT2D eigenvalue weighted by Gasteiger charge is -2.27. The predicted octanol–water partition coefficient (Wildman–Crippen LogP) is 1.37. The van der Waals surface area contributed by atoms with Crippen molar-refractivity contribution in [2.24, 2.45) is 5.92 Å². The molecule has 0 aliphatic rings. The first-order valence-corrected chi connectivity index (χ1v) is 7.88. The van der Waals surface area contributed by atoms with Gasteiger partial charge in [-0.3, -0.25) is 14.4 Å². The molecular weight excluding hydrogens is 382 g/mol. The molecule has 130 valence electrons. The lowest BCUT2D eigenvalue weighted by Crippen LogP contribution is -2.50. The van der Waals surface area contributed by atoms with E-state index in [9.17, 15) is 14.4 Å². The van der Waals surface area contributed by atoms with E-state index in [1.807, 2.05) is 6.07 Å². The summed E-state index contributed by atoms with van der Waals surface area (Å²) >= 11 is 3.06. The molecule has 0 radical (unpaired) electrons. The first kappa shape index (κ1) is 19.7. The van der Waals surface area contributed by atoms with Crippen molar-refractivity contribution in [1.29, 1.82) is 5.26 Å². The van der Waals surface area contributed by atoms with Crippen LogP contribution in [0.1, 0.15) is 31.3 Å². The van der Waals surface area contributed by atoms with Crippen molar-refractivity contribution in [2.45, 2.75) is 26.3 Å². The average molecular weight is 400 g/mol. The third-order valence-corrected chi connectivity index (χ3v) is 3.77. The van der Waals surface area contributed by atoms with Crippen LogP contribution in [0.5, 0.6) is 0 Å². The molecule has 2 amide bonds. The highest BCUT2D eigenvalue weighted by Crippen LogP contribution is 2.15. The summed E-state index contributed by atoms with van der Waals surface area (Å²) in [7, 11) is 0. The van der Waals surface area contributed by atoms with Gasteiger partial charge in [0.25, 0.3) is 11.8 Å². The van der Waals surface area contributed by atoms with E-state index in [0.29, 0.717) is 4.67 Å². The summed E-state index contributed by atoms with van der Waals surface area (Å²) in [6.07, 6.45) is 0. The highest BCUT2D eigenvalue weighted by Gasteiger charge is 2.30. The quantitative estimate of drug-likeness (QED) is 0.667. The van der Waals surface area contributed by atoms with Crippen molar-refractivity contribution >= 4 is 33.7 Å².